The first-order chi connectivity index (χ1) is 8.52. The van der Waals surface area contributed by atoms with E-state index in [0.29, 0.717) is 18.5 Å². The summed E-state index contributed by atoms with van der Waals surface area (Å²) in [5, 5.41) is 3.01. The first kappa shape index (κ1) is 13.6. The van der Waals surface area contributed by atoms with Crippen molar-refractivity contribution in [1.82, 2.24) is 9.88 Å². The highest BCUT2D eigenvalue weighted by Crippen LogP contribution is 2.37. The standard InChI is InChI=1S/C13H20BrN3O/c1-8(2)11(6-15)16-13(18)12-5-9(14)7-17(12)10-3-4-10/h5,7-8,10-11H,3-4,6,15H2,1-2H3,(H,16,18). The summed E-state index contributed by atoms with van der Waals surface area (Å²) in [7, 11) is 0. The number of carbonyl (C=O) groups excluding carboxylic acids is 1. The van der Waals surface area contributed by atoms with Crippen molar-refractivity contribution in [2.75, 3.05) is 6.54 Å². The van der Waals surface area contributed by atoms with Crippen molar-refractivity contribution < 1.29 is 4.79 Å². The van der Waals surface area contributed by atoms with Crippen molar-refractivity contribution in [2.45, 2.75) is 38.8 Å². The first-order valence-corrected chi connectivity index (χ1v) is 7.20. The number of amides is 1. The van der Waals surface area contributed by atoms with Gasteiger partial charge in [0.25, 0.3) is 5.91 Å². The zero-order valence-electron chi connectivity index (χ0n) is 10.8. The number of hydrogen-bond donors (Lipinski definition) is 2. The Labute approximate surface area is 116 Å². The Hall–Kier alpha value is -0.810. The van der Waals surface area contributed by atoms with Crippen LogP contribution in [0.1, 0.15) is 43.2 Å². The molecule has 4 nitrogen and oxygen atoms in total. The molecule has 0 spiro atoms. The van der Waals surface area contributed by atoms with Crippen LogP contribution in [0, 0.1) is 5.92 Å². The predicted octanol–water partition coefficient (Wildman–Crippen LogP) is 2.30. The van der Waals surface area contributed by atoms with E-state index in [4.69, 9.17) is 5.73 Å². The molecule has 18 heavy (non-hydrogen) atoms. The SMILES string of the molecule is CC(C)C(CN)NC(=O)c1cc(Br)cn1C1CC1. The fourth-order valence-corrected chi connectivity index (χ4v) is 2.46. The highest BCUT2D eigenvalue weighted by atomic mass is 79.9. The smallest absolute Gasteiger partial charge is 0.268 e. The molecule has 1 atom stereocenters. The molecule has 3 N–H and O–H groups in total. The van der Waals surface area contributed by atoms with Gasteiger partial charge in [0.2, 0.25) is 0 Å². The molecule has 1 aliphatic carbocycles. The maximum atomic E-state index is 12.3. The summed E-state index contributed by atoms with van der Waals surface area (Å²) in [6.45, 7) is 4.59. The lowest BCUT2D eigenvalue weighted by atomic mass is 10.0. The van der Waals surface area contributed by atoms with Crippen LogP contribution in [-0.2, 0) is 0 Å². The zero-order valence-corrected chi connectivity index (χ0v) is 12.4. The summed E-state index contributed by atoms with van der Waals surface area (Å²) in [6.07, 6.45) is 4.30. The molecule has 2 rings (SSSR count). The van der Waals surface area contributed by atoms with Crippen LogP contribution < -0.4 is 11.1 Å². The molecule has 1 fully saturated rings. The Bertz CT molecular complexity index is 437. The molecule has 1 aromatic rings. The van der Waals surface area contributed by atoms with Crippen LogP contribution >= 0.6 is 15.9 Å². The molecular formula is C13H20BrN3O. The van der Waals surface area contributed by atoms with E-state index < -0.39 is 0 Å². The zero-order chi connectivity index (χ0) is 13.3. The second kappa shape index (κ2) is 5.45. The molecule has 100 valence electrons. The summed E-state index contributed by atoms with van der Waals surface area (Å²) in [5.74, 6) is 0.309. The van der Waals surface area contributed by atoms with Crippen molar-refractivity contribution in [3.8, 4) is 0 Å². The predicted molar refractivity (Wildman–Crippen MR) is 75.5 cm³/mol. The fraction of sp³-hybridized carbons (Fsp3) is 0.615. The molecule has 0 saturated heterocycles. The van der Waals surface area contributed by atoms with E-state index in [0.717, 1.165) is 23.0 Å². The van der Waals surface area contributed by atoms with Crippen LogP contribution in [0.4, 0.5) is 0 Å². The van der Waals surface area contributed by atoms with E-state index >= 15 is 0 Å². The summed E-state index contributed by atoms with van der Waals surface area (Å²) in [5.41, 5.74) is 6.41. The normalized spacial score (nSPS) is 16.9. The summed E-state index contributed by atoms with van der Waals surface area (Å²) < 4.78 is 3.02. The number of nitrogens with zero attached hydrogens (tertiary/aromatic N) is 1. The lowest BCUT2D eigenvalue weighted by Gasteiger charge is -2.20. The van der Waals surface area contributed by atoms with E-state index in [2.05, 4.69) is 39.7 Å². The number of aromatic nitrogens is 1. The van der Waals surface area contributed by atoms with Gasteiger partial charge in [-0.2, -0.15) is 0 Å². The lowest BCUT2D eigenvalue weighted by Crippen LogP contribution is -2.44. The van der Waals surface area contributed by atoms with Crippen molar-refractivity contribution in [1.29, 1.82) is 0 Å². The Kier molecular flexibility index (Phi) is 4.12. The van der Waals surface area contributed by atoms with Crippen LogP contribution in [-0.4, -0.2) is 23.1 Å². The van der Waals surface area contributed by atoms with E-state index in [1.54, 1.807) is 0 Å². The lowest BCUT2D eigenvalue weighted by molar-refractivity contribution is 0.0918. The molecule has 0 radical (unpaired) electrons. The van der Waals surface area contributed by atoms with E-state index in [-0.39, 0.29) is 11.9 Å². The second-order valence-corrected chi connectivity index (χ2v) is 6.16. The van der Waals surface area contributed by atoms with E-state index in [1.165, 1.54) is 0 Å². The number of nitrogens with one attached hydrogen (secondary N) is 1. The molecule has 1 unspecified atom stereocenters. The summed E-state index contributed by atoms with van der Waals surface area (Å²) >= 11 is 3.43. The third kappa shape index (κ3) is 2.95. The molecule has 1 amide bonds. The van der Waals surface area contributed by atoms with Gasteiger partial charge in [-0.3, -0.25) is 4.79 Å². The Balaban J connectivity index is 2.13. The maximum Gasteiger partial charge on any atom is 0.268 e. The van der Waals surface area contributed by atoms with Crippen LogP contribution in [0.3, 0.4) is 0 Å². The van der Waals surface area contributed by atoms with Crippen molar-refractivity contribution in [3.05, 3.63) is 22.4 Å². The van der Waals surface area contributed by atoms with Gasteiger partial charge >= 0.3 is 0 Å². The third-order valence-electron chi connectivity index (χ3n) is 3.36. The van der Waals surface area contributed by atoms with Gasteiger partial charge in [-0.15, -0.1) is 0 Å². The Morgan fingerprint density at radius 1 is 1.61 bits per heavy atom. The second-order valence-electron chi connectivity index (χ2n) is 5.24. The average molecular weight is 314 g/mol. The molecule has 5 heteroatoms. The van der Waals surface area contributed by atoms with Gasteiger partial charge in [0.1, 0.15) is 5.69 Å². The first-order valence-electron chi connectivity index (χ1n) is 6.41. The number of hydrogen-bond acceptors (Lipinski definition) is 2. The van der Waals surface area contributed by atoms with Crippen molar-refractivity contribution in [2.24, 2.45) is 11.7 Å². The maximum absolute atomic E-state index is 12.3. The quantitative estimate of drug-likeness (QED) is 0.876. The van der Waals surface area contributed by atoms with E-state index in [1.807, 2.05) is 12.3 Å². The van der Waals surface area contributed by atoms with Gasteiger partial charge in [-0.1, -0.05) is 13.8 Å². The summed E-state index contributed by atoms with van der Waals surface area (Å²) in [4.78, 5) is 12.3. The fourth-order valence-electron chi connectivity index (χ4n) is 2.02. The number of nitrogens with two attached hydrogens (primary N) is 1. The highest BCUT2D eigenvalue weighted by Gasteiger charge is 2.28. The van der Waals surface area contributed by atoms with Crippen LogP contribution in [0.25, 0.3) is 0 Å². The van der Waals surface area contributed by atoms with Crippen LogP contribution in [0.5, 0.6) is 0 Å². The minimum Gasteiger partial charge on any atom is -0.347 e. The minimum atomic E-state index is -0.0308. The molecule has 0 aliphatic heterocycles. The molecule has 1 saturated carbocycles. The largest absolute Gasteiger partial charge is 0.347 e. The molecule has 0 aromatic carbocycles. The average Bonchev–Trinajstić information content (AvgIpc) is 3.08. The molecule has 1 aliphatic rings. The number of halogens is 1. The van der Waals surface area contributed by atoms with Gasteiger partial charge in [0, 0.05) is 29.3 Å². The van der Waals surface area contributed by atoms with Crippen LogP contribution in [0.15, 0.2) is 16.7 Å². The Morgan fingerprint density at radius 3 is 2.78 bits per heavy atom. The minimum absolute atomic E-state index is 0.0267. The molecule has 0 bridgehead atoms. The van der Waals surface area contributed by atoms with Crippen LogP contribution in [0.2, 0.25) is 0 Å². The summed E-state index contributed by atoms with van der Waals surface area (Å²) in [6, 6.07) is 2.40. The van der Waals surface area contributed by atoms with Gasteiger partial charge < -0.3 is 15.6 Å². The van der Waals surface area contributed by atoms with E-state index in [9.17, 15) is 4.79 Å². The Morgan fingerprint density at radius 2 is 2.28 bits per heavy atom. The highest BCUT2D eigenvalue weighted by molar-refractivity contribution is 9.10. The third-order valence-corrected chi connectivity index (χ3v) is 3.80. The van der Waals surface area contributed by atoms with Gasteiger partial charge in [-0.25, -0.2) is 0 Å². The van der Waals surface area contributed by atoms with Crippen molar-refractivity contribution >= 4 is 21.8 Å². The topological polar surface area (TPSA) is 60.0 Å². The molecule has 1 heterocycles. The molecule has 1 aromatic heterocycles. The van der Waals surface area contributed by atoms with Gasteiger partial charge in [0.15, 0.2) is 0 Å². The van der Waals surface area contributed by atoms with Gasteiger partial charge in [-0.05, 0) is 40.8 Å². The van der Waals surface area contributed by atoms with Crippen molar-refractivity contribution in [3.63, 3.8) is 0 Å². The van der Waals surface area contributed by atoms with Gasteiger partial charge in [0.05, 0.1) is 0 Å². The number of rotatable bonds is 5. The molecular weight excluding hydrogens is 294 g/mol. The number of carbonyl (C=O) groups is 1. The monoisotopic (exact) mass is 313 g/mol.